The molecule has 0 saturated heterocycles. The molecule has 1 heterocycles. The van der Waals surface area contributed by atoms with Crippen LogP contribution in [-0.2, 0) is 17.9 Å². The second-order valence-electron chi connectivity index (χ2n) is 6.10. The van der Waals surface area contributed by atoms with Crippen LogP contribution in [-0.4, -0.2) is 21.5 Å². The van der Waals surface area contributed by atoms with Crippen LogP contribution in [0.1, 0.15) is 19.7 Å². The van der Waals surface area contributed by atoms with E-state index in [4.69, 9.17) is 5.73 Å². The summed E-state index contributed by atoms with van der Waals surface area (Å²) < 4.78 is 29.6. The molecule has 1 atom stereocenters. The minimum Gasteiger partial charge on any atom is -0.368 e. The molecule has 0 unspecified atom stereocenters. The van der Waals surface area contributed by atoms with Crippen molar-refractivity contribution >= 4 is 16.9 Å². The third-order valence-electron chi connectivity index (χ3n) is 4.38. The zero-order chi connectivity index (χ0) is 18.8. The summed E-state index contributed by atoms with van der Waals surface area (Å²) in [5.74, 6) is -0.555. The second-order valence-corrected chi connectivity index (χ2v) is 6.10. The Balaban J connectivity index is 2.03. The number of aromatic nitrogens is 2. The van der Waals surface area contributed by atoms with Crippen molar-refractivity contribution in [3.63, 3.8) is 0 Å². The van der Waals surface area contributed by atoms with Gasteiger partial charge in [-0.15, -0.1) is 0 Å². The van der Waals surface area contributed by atoms with E-state index in [0.29, 0.717) is 35.6 Å². The van der Waals surface area contributed by atoms with E-state index in [1.165, 1.54) is 18.2 Å². The Morgan fingerprint density at radius 1 is 1.27 bits per heavy atom. The molecule has 0 aliphatic rings. The lowest BCUT2D eigenvalue weighted by Crippen LogP contribution is -2.38. The molecule has 0 fully saturated rings. The van der Waals surface area contributed by atoms with Gasteiger partial charge < -0.3 is 10.3 Å². The summed E-state index contributed by atoms with van der Waals surface area (Å²) in [4.78, 5) is 15.6. The van der Waals surface area contributed by atoms with E-state index in [2.05, 4.69) is 10.3 Å². The molecular formula is C19H20F2N4O. The predicted octanol–water partition coefficient (Wildman–Crippen LogP) is 2.96. The van der Waals surface area contributed by atoms with Gasteiger partial charge in [0.1, 0.15) is 17.5 Å². The molecule has 0 spiro atoms. The number of carbonyl (C=O) groups is 1. The summed E-state index contributed by atoms with van der Waals surface area (Å²) in [6.07, 6.45) is 0. The number of primary amides is 1. The van der Waals surface area contributed by atoms with Gasteiger partial charge in [-0.25, -0.2) is 13.8 Å². The number of halogens is 2. The predicted molar refractivity (Wildman–Crippen MR) is 96.3 cm³/mol. The maximum atomic E-state index is 14.6. The van der Waals surface area contributed by atoms with Crippen LogP contribution in [0.25, 0.3) is 22.2 Å². The number of aryl methyl sites for hydroxylation is 1. The number of nitrogens with two attached hydrogens (primary N) is 1. The first-order chi connectivity index (χ1) is 12.4. The van der Waals surface area contributed by atoms with Crippen LogP contribution in [0.2, 0.25) is 0 Å². The molecule has 0 bridgehead atoms. The first-order valence-electron chi connectivity index (χ1n) is 8.38. The van der Waals surface area contributed by atoms with Crippen molar-refractivity contribution in [2.24, 2.45) is 5.73 Å². The van der Waals surface area contributed by atoms with E-state index in [9.17, 15) is 13.6 Å². The SMILES string of the molecule is CCn1c(CN[C@@H](C)C(N)=O)nc2cc(F)c(-c3ccc(F)cc3)cc21. The zero-order valence-corrected chi connectivity index (χ0v) is 14.6. The number of imidazole rings is 1. The van der Waals surface area contributed by atoms with E-state index in [-0.39, 0.29) is 5.82 Å². The molecule has 5 nitrogen and oxygen atoms in total. The van der Waals surface area contributed by atoms with Gasteiger partial charge in [-0.2, -0.15) is 0 Å². The number of amides is 1. The van der Waals surface area contributed by atoms with Gasteiger partial charge in [-0.3, -0.25) is 10.1 Å². The highest BCUT2D eigenvalue weighted by atomic mass is 19.1. The third-order valence-corrected chi connectivity index (χ3v) is 4.38. The molecule has 1 amide bonds. The van der Waals surface area contributed by atoms with Crippen molar-refractivity contribution in [1.29, 1.82) is 0 Å². The van der Waals surface area contributed by atoms with Gasteiger partial charge in [0.15, 0.2) is 0 Å². The minimum atomic E-state index is -0.494. The first-order valence-corrected chi connectivity index (χ1v) is 8.38. The van der Waals surface area contributed by atoms with Crippen molar-refractivity contribution in [2.75, 3.05) is 0 Å². The Hall–Kier alpha value is -2.80. The number of carbonyl (C=O) groups excluding carboxylic acids is 1. The Morgan fingerprint density at radius 2 is 1.96 bits per heavy atom. The summed E-state index contributed by atoms with van der Waals surface area (Å²) in [7, 11) is 0. The van der Waals surface area contributed by atoms with E-state index in [1.807, 2.05) is 11.5 Å². The molecule has 7 heteroatoms. The quantitative estimate of drug-likeness (QED) is 0.712. The summed E-state index contributed by atoms with van der Waals surface area (Å²) in [6.45, 7) is 4.60. The minimum absolute atomic E-state index is 0.333. The summed E-state index contributed by atoms with van der Waals surface area (Å²) in [6, 6.07) is 8.29. The fourth-order valence-corrected chi connectivity index (χ4v) is 2.88. The highest BCUT2D eigenvalue weighted by molar-refractivity contribution is 5.83. The van der Waals surface area contributed by atoms with Crippen LogP contribution in [0.5, 0.6) is 0 Å². The largest absolute Gasteiger partial charge is 0.368 e. The Bertz CT molecular complexity index is 950. The smallest absolute Gasteiger partial charge is 0.234 e. The first kappa shape index (κ1) is 18.0. The lowest BCUT2D eigenvalue weighted by atomic mass is 10.0. The van der Waals surface area contributed by atoms with Gasteiger partial charge in [0, 0.05) is 18.2 Å². The van der Waals surface area contributed by atoms with Gasteiger partial charge in [0.05, 0.1) is 23.6 Å². The molecule has 136 valence electrons. The molecule has 1 aromatic heterocycles. The summed E-state index contributed by atoms with van der Waals surface area (Å²) >= 11 is 0. The van der Waals surface area contributed by atoms with Crippen LogP contribution >= 0.6 is 0 Å². The van der Waals surface area contributed by atoms with E-state index < -0.39 is 17.8 Å². The average Bonchev–Trinajstić information content (AvgIpc) is 2.95. The highest BCUT2D eigenvalue weighted by Crippen LogP contribution is 2.28. The number of nitrogens with one attached hydrogen (secondary N) is 1. The zero-order valence-electron chi connectivity index (χ0n) is 14.6. The molecule has 0 aliphatic heterocycles. The van der Waals surface area contributed by atoms with Crippen LogP contribution in [0.4, 0.5) is 8.78 Å². The number of nitrogens with zero attached hydrogens (tertiary/aromatic N) is 2. The van der Waals surface area contributed by atoms with Gasteiger partial charge in [0.2, 0.25) is 5.91 Å². The second kappa shape index (κ2) is 7.21. The standard InChI is InChI=1S/C19H20F2N4O/c1-3-25-17-8-14(12-4-6-13(20)7-5-12)15(21)9-16(17)24-18(25)10-23-11(2)19(22)26/h4-9,11,23H,3,10H2,1-2H3,(H2,22,26)/t11-/m0/s1. The fraction of sp³-hybridized carbons (Fsp3) is 0.263. The Kier molecular flexibility index (Phi) is 4.99. The topological polar surface area (TPSA) is 72.9 Å². The van der Waals surface area contributed by atoms with Crippen molar-refractivity contribution in [3.8, 4) is 11.1 Å². The normalized spacial score (nSPS) is 12.5. The molecule has 0 aliphatic carbocycles. The van der Waals surface area contributed by atoms with Crippen molar-refractivity contribution < 1.29 is 13.6 Å². The molecule has 3 N–H and O–H groups in total. The van der Waals surface area contributed by atoms with Gasteiger partial charge in [-0.1, -0.05) is 12.1 Å². The number of hydrogen-bond acceptors (Lipinski definition) is 3. The number of benzene rings is 2. The maximum absolute atomic E-state index is 14.6. The number of fused-ring (bicyclic) bond motifs is 1. The Morgan fingerprint density at radius 3 is 2.58 bits per heavy atom. The van der Waals surface area contributed by atoms with E-state index in [1.54, 1.807) is 25.1 Å². The Labute approximate surface area is 149 Å². The molecular weight excluding hydrogens is 338 g/mol. The van der Waals surface area contributed by atoms with Crippen molar-refractivity contribution in [1.82, 2.24) is 14.9 Å². The van der Waals surface area contributed by atoms with E-state index in [0.717, 1.165) is 5.52 Å². The number of rotatable bonds is 6. The maximum Gasteiger partial charge on any atom is 0.234 e. The third kappa shape index (κ3) is 3.43. The van der Waals surface area contributed by atoms with Gasteiger partial charge in [0.25, 0.3) is 0 Å². The molecule has 26 heavy (non-hydrogen) atoms. The lowest BCUT2D eigenvalue weighted by Gasteiger charge is -2.11. The molecule has 3 aromatic rings. The molecule has 0 saturated carbocycles. The van der Waals surface area contributed by atoms with Crippen LogP contribution in [0.15, 0.2) is 36.4 Å². The fourth-order valence-electron chi connectivity index (χ4n) is 2.88. The van der Waals surface area contributed by atoms with Crippen LogP contribution in [0, 0.1) is 11.6 Å². The lowest BCUT2D eigenvalue weighted by molar-refractivity contribution is -0.119. The van der Waals surface area contributed by atoms with Gasteiger partial charge in [-0.05, 0) is 37.6 Å². The highest BCUT2D eigenvalue weighted by Gasteiger charge is 2.16. The van der Waals surface area contributed by atoms with Crippen LogP contribution < -0.4 is 11.1 Å². The molecule has 2 aromatic carbocycles. The average molecular weight is 358 g/mol. The van der Waals surface area contributed by atoms with Crippen LogP contribution in [0.3, 0.4) is 0 Å². The molecule has 3 rings (SSSR count). The summed E-state index contributed by atoms with van der Waals surface area (Å²) in [5, 5.41) is 3.01. The monoisotopic (exact) mass is 358 g/mol. The van der Waals surface area contributed by atoms with Crippen molar-refractivity contribution in [3.05, 3.63) is 53.9 Å². The van der Waals surface area contributed by atoms with E-state index >= 15 is 0 Å². The molecule has 0 radical (unpaired) electrons. The van der Waals surface area contributed by atoms with Crippen molar-refractivity contribution in [2.45, 2.75) is 33.0 Å². The summed E-state index contributed by atoms with van der Waals surface area (Å²) in [5.41, 5.74) is 7.54. The van der Waals surface area contributed by atoms with Gasteiger partial charge >= 0.3 is 0 Å². The number of hydrogen-bond donors (Lipinski definition) is 2.